The van der Waals surface area contributed by atoms with Gasteiger partial charge < -0.3 is 0 Å². The Hall–Kier alpha value is -0.260. The fourth-order valence-electron chi connectivity index (χ4n) is 2.99. The van der Waals surface area contributed by atoms with Crippen molar-refractivity contribution in [1.82, 2.24) is 0 Å². The van der Waals surface area contributed by atoms with Crippen LogP contribution in [-0.4, -0.2) is 0 Å². The minimum atomic E-state index is 0.320. The summed E-state index contributed by atoms with van der Waals surface area (Å²) < 4.78 is 0. The molecule has 0 bridgehead atoms. The van der Waals surface area contributed by atoms with E-state index < -0.39 is 0 Å². The lowest BCUT2D eigenvalue weighted by molar-refractivity contribution is -0.0116. The van der Waals surface area contributed by atoms with E-state index in [1.54, 1.807) is 0 Å². The summed E-state index contributed by atoms with van der Waals surface area (Å²) in [4.78, 5) is 0. The van der Waals surface area contributed by atoms with Crippen molar-refractivity contribution in [1.29, 1.82) is 0 Å². The van der Waals surface area contributed by atoms with Gasteiger partial charge in [0.2, 0.25) is 0 Å². The molecular formula is C16H32. The third-order valence-electron chi connectivity index (χ3n) is 5.43. The Morgan fingerprint density at radius 3 is 1.94 bits per heavy atom. The Morgan fingerprint density at radius 2 is 1.62 bits per heavy atom. The highest BCUT2D eigenvalue weighted by molar-refractivity contribution is 4.99. The predicted octanol–water partition coefficient (Wildman–Crippen LogP) is 5.69. The van der Waals surface area contributed by atoms with Gasteiger partial charge in [0, 0.05) is 0 Å². The summed E-state index contributed by atoms with van der Waals surface area (Å²) in [6.45, 7) is 20.6. The van der Waals surface area contributed by atoms with Crippen molar-refractivity contribution >= 4 is 0 Å². The van der Waals surface area contributed by atoms with E-state index in [2.05, 4.69) is 61.1 Å². The highest BCUT2D eigenvalue weighted by Crippen LogP contribution is 2.53. The second-order valence-electron chi connectivity index (χ2n) is 6.22. The van der Waals surface area contributed by atoms with Crippen molar-refractivity contribution in [2.75, 3.05) is 0 Å². The monoisotopic (exact) mass is 224 g/mol. The number of rotatable bonds is 7. The van der Waals surface area contributed by atoms with Gasteiger partial charge in [-0.1, -0.05) is 67.4 Å². The lowest BCUT2D eigenvalue weighted by Gasteiger charge is -2.51. The highest BCUT2D eigenvalue weighted by Gasteiger charge is 2.45. The van der Waals surface area contributed by atoms with Crippen LogP contribution in [0.5, 0.6) is 0 Å². The van der Waals surface area contributed by atoms with Gasteiger partial charge in [0.05, 0.1) is 0 Å². The summed E-state index contributed by atoms with van der Waals surface area (Å²) >= 11 is 0. The van der Waals surface area contributed by atoms with Gasteiger partial charge >= 0.3 is 0 Å². The molecule has 0 aliphatic heterocycles. The quantitative estimate of drug-likeness (QED) is 0.487. The fourth-order valence-corrected chi connectivity index (χ4v) is 2.99. The first kappa shape index (κ1) is 15.7. The normalized spacial score (nSPS) is 19.9. The summed E-state index contributed by atoms with van der Waals surface area (Å²) in [6, 6.07) is 0. The molecule has 0 saturated heterocycles. The highest BCUT2D eigenvalue weighted by atomic mass is 14.5. The van der Waals surface area contributed by atoms with Crippen LogP contribution in [0.15, 0.2) is 12.7 Å². The molecule has 0 aromatic heterocycles. The summed E-state index contributed by atoms with van der Waals surface area (Å²) in [5.41, 5.74) is 0.726. The Bertz CT molecular complexity index is 214. The molecule has 0 spiro atoms. The zero-order chi connectivity index (χ0) is 13.0. The van der Waals surface area contributed by atoms with Crippen molar-refractivity contribution in [3.8, 4) is 0 Å². The molecule has 0 aliphatic carbocycles. The van der Waals surface area contributed by atoms with Crippen molar-refractivity contribution < 1.29 is 0 Å². The van der Waals surface area contributed by atoms with Crippen LogP contribution in [0.3, 0.4) is 0 Å². The second kappa shape index (κ2) is 5.89. The van der Waals surface area contributed by atoms with E-state index in [1.807, 2.05) is 0 Å². The van der Waals surface area contributed by atoms with Crippen LogP contribution in [0.1, 0.15) is 67.7 Å². The van der Waals surface area contributed by atoms with Crippen LogP contribution in [0, 0.1) is 22.7 Å². The van der Waals surface area contributed by atoms with Crippen LogP contribution in [0.2, 0.25) is 0 Å². The number of allylic oxidation sites excluding steroid dienone is 1. The van der Waals surface area contributed by atoms with Gasteiger partial charge in [-0.05, 0) is 29.1 Å². The number of hydrogen-bond donors (Lipinski definition) is 0. The molecule has 96 valence electrons. The summed E-state index contributed by atoms with van der Waals surface area (Å²) in [5, 5.41) is 0. The van der Waals surface area contributed by atoms with Gasteiger partial charge in [0.15, 0.2) is 0 Å². The standard InChI is InChI=1S/C16H32/c1-9-12-16(8,14(5)11-3)15(6,7)13(4)10-2/h10,13-14H,2,9,11-12H2,1,3-8H3. The maximum Gasteiger partial charge on any atom is -0.0208 e. The van der Waals surface area contributed by atoms with Gasteiger partial charge in [-0.15, -0.1) is 6.58 Å². The van der Waals surface area contributed by atoms with E-state index in [9.17, 15) is 0 Å². The maximum atomic E-state index is 3.99. The molecule has 0 N–H and O–H groups in total. The first-order valence-corrected chi connectivity index (χ1v) is 6.90. The van der Waals surface area contributed by atoms with Crippen molar-refractivity contribution in [3.05, 3.63) is 12.7 Å². The molecule has 0 rings (SSSR count). The molecule has 0 nitrogen and oxygen atoms in total. The first-order chi connectivity index (χ1) is 7.27. The first-order valence-electron chi connectivity index (χ1n) is 6.90. The summed E-state index contributed by atoms with van der Waals surface area (Å²) in [7, 11) is 0. The van der Waals surface area contributed by atoms with E-state index in [4.69, 9.17) is 0 Å². The van der Waals surface area contributed by atoms with Gasteiger partial charge in [-0.3, -0.25) is 0 Å². The van der Waals surface area contributed by atoms with E-state index in [-0.39, 0.29) is 0 Å². The largest absolute Gasteiger partial charge is 0.103 e. The van der Waals surface area contributed by atoms with Gasteiger partial charge in [-0.2, -0.15) is 0 Å². The average Bonchev–Trinajstić information content (AvgIpc) is 2.26. The lowest BCUT2D eigenvalue weighted by atomic mass is 9.53. The van der Waals surface area contributed by atoms with Crippen LogP contribution in [0.4, 0.5) is 0 Å². The van der Waals surface area contributed by atoms with E-state index in [1.165, 1.54) is 19.3 Å². The minimum absolute atomic E-state index is 0.320. The molecule has 0 saturated carbocycles. The number of hydrogen-bond acceptors (Lipinski definition) is 0. The Balaban J connectivity index is 5.23. The van der Waals surface area contributed by atoms with E-state index in [0.29, 0.717) is 16.7 Å². The molecule has 0 aromatic carbocycles. The summed E-state index contributed by atoms with van der Waals surface area (Å²) in [5.74, 6) is 1.34. The molecule has 3 atom stereocenters. The van der Waals surface area contributed by atoms with Crippen molar-refractivity contribution in [3.63, 3.8) is 0 Å². The van der Waals surface area contributed by atoms with E-state index in [0.717, 1.165) is 5.92 Å². The van der Waals surface area contributed by atoms with Gasteiger partial charge in [0.1, 0.15) is 0 Å². The predicted molar refractivity (Wildman–Crippen MR) is 75.6 cm³/mol. The lowest BCUT2D eigenvalue weighted by Crippen LogP contribution is -2.44. The molecule has 0 radical (unpaired) electrons. The Kier molecular flexibility index (Phi) is 5.79. The average molecular weight is 224 g/mol. The van der Waals surface area contributed by atoms with Crippen LogP contribution in [-0.2, 0) is 0 Å². The smallest absolute Gasteiger partial charge is 0.0208 e. The topological polar surface area (TPSA) is 0 Å². The van der Waals surface area contributed by atoms with Crippen molar-refractivity contribution in [2.45, 2.75) is 67.7 Å². The van der Waals surface area contributed by atoms with Crippen molar-refractivity contribution in [2.24, 2.45) is 22.7 Å². The van der Waals surface area contributed by atoms with Crippen LogP contribution < -0.4 is 0 Å². The van der Waals surface area contributed by atoms with Gasteiger partial charge in [0.25, 0.3) is 0 Å². The molecule has 3 unspecified atom stereocenters. The van der Waals surface area contributed by atoms with Gasteiger partial charge in [-0.25, -0.2) is 0 Å². The molecule has 16 heavy (non-hydrogen) atoms. The minimum Gasteiger partial charge on any atom is -0.103 e. The van der Waals surface area contributed by atoms with E-state index >= 15 is 0 Å². The molecule has 0 aromatic rings. The zero-order valence-electron chi connectivity index (χ0n) is 12.6. The molecular weight excluding hydrogens is 192 g/mol. The Labute approximate surface area is 104 Å². The third-order valence-corrected chi connectivity index (χ3v) is 5.43. The maximum absolute atomic E-state index is 3.99. The second-order valence-corrected chi connectivity index (χ2v) is 6.22. The molecule has 0 heterocycles. The Morgan fingerprint density at radius 1 is 1.12 bits per heavy atom. The molecule has 0 amide bonds. The summed E-state index contributed by atoms with van der Waals surface area (Å²) in [6.07, 6.45) is 5.97. The fraction of sp³-hybridized carbons (Fsp3) is 0.875. The van der Waals surface area contributed by atoms with Crippen LogP contribution in [0.25, 0.3) is 0 Å². The third kappa shape index (κ3) is 2.70. The van der Waals surface area contributed by atoms with Crippen LogP contribution >= 0.6 is 0 Å². The molecule has 0 aliphatic rings. The SMILES string of the molecule is C=CC(C)C(C)(C)C(C)(CCC)C(C)CC. The zero-order valence-corrected chi connectivity index (χ0v) is 12.6. The molecule has 0 heteroatoms. The molecule has 0 fully saturated rings.